The number of aromatic nitrogens is 2. The summed E-state index contributed by atoms with van der Waals surface area (Å²) >= 11 is 0. The van der Waals surface area contributed by atoms with Crippen molar-refractivity contribution >= 4 is 11.5 Å². The molecule has 138 valence electrons. The number of hydrogen-bond donors (Lipinski definition) is 1. The minimum Gasteiger partial charge on any atom is -0.416 e. The third-order valence-corrected chi connectivity index (χ3v) is 4.45. The van der Waals surface area contributed by atoms with Crippen molar-refractivity contribution in [3.8, 4) is 22.9 Å². The quantitative estimate of drug-likeness (QED) is 0.472. The Hall–Kier alpha value is -3.73. The second kappa shape index (κ2) is 7.88. The fourth-order valence-electron chi connectivity index (χ4n) is 2.96. The van der Waals surface area contributed by atoms with Gasteiger partial charge in [0.05, 0.1) is 0 Å². The van der Waals surface area contributed by atoms with Crippen molar-refractivity contribution in [1.82, 2.24) is 10.2 Å². The van der Waals surface area contributed by atoms with E-state index in [-0.39, 0.29) is 5.78 Å². The molecule has 0 saturated heterocycles. The summed E-state index contributed by atoms with van der Waals surface area (Å²) in [5.41, 5.74) is 4.37. The number of ketones is 1. The zero-order valence-electron chi connectivity index (χ0n) is 15.4. The van der Waals surface area contributed by atoms with Gasteiger partial charge in [0.15, 0.2) is 5.78 Å². The number of nitrogens with zero attached hydrogens (tertiary/aromatic N) is 2. The van der Waals surface area contributed by atoms with Gasteiger partial charge in [-0.3, -0.25) is 4.79 Å². The Bertz CT molecular complexity index is 1100. The number of rotatable bonds is 6. The second-order valence-electron chi connectivity index (χ2n) is 6.43. The highest BCUT2D eigenvalue weighted by atomic mass is 16.4. The van der Waals surface area contributed by atoms with Gasteiger partial charge >= 0.3 is 0 Å². The standard InChI is InChI=1S/C23H19N3O2/c1-16(27)18-11-7-12-20(14-18)24-15-19-10-5-6-13-21(19)23-26-25-22(28-23)17-8-3-2-4-9-17/h2-14,24H,15H2,1H3. The lowest BCUT2D eigenvalue weighted by atomic mass is 10.1. The minimum atomic E-state index is 0.0448. The second-order valence-corrected chi connectivity index (χ2v) is 6.43. The third-order valence-electron chi connectivity index (χ3n) is 4.45. The van der Waals surface area contributed by atoms with Gasteiger partial charge in [-0.1, -0.05) is 48.5 Å². The van der Waals surface area contributed by atoms with Crippen molar-refractivity contribution in [2.24, 2.45) is 0 Å². The molecule has 0 saturated carbocycles. The molecule has 1 N–H and O–H groups in total. The maximum absolute atomic E-state index is 11.6. The van der Waals surface area contributed by atoms with Crippen LogP contribution in [0, 0.1) is 0 Å². The van der Waals surface area contributed by atoms with Crippen LogP contribution in [0.4, 0.5) is 5.69 Å². The van der Waals surface area contributed by atoms with Crippen molar-refractivity contribution in [2.75, 3.05) is 5.32 Å². The smallest absolute Gasteiger partial charge is 0.248 e. The van der Waals surface area contributed by atoms with Crippen LogP contribution in [0.15, 0.2) is 83.3 Å². The molecule has 0 radical (unpaired) electrons. The van der Waals surface area contributed by atoms with Gasteiger partial charge in [0.25, 0.3) is 0 Å². The molecule has 0 aliphatic heterocycles. The number of nitrogens with one attached hydrogen (secondary N) is 1. The lowest BCUT2D eigenvalue weighted by Gasteiger charge is -2.10. The number of carbonyl (C=O) groups excluding carboxylic acids is 1. The van der Waals surface area contributed by atoms with Crippen LogP contribution in [0.3, 0.4) is 0 Å². The monoisotopic (exact) mass is 369 g/mol. The Kier molecular flexibility index (Phi) is 4.97. The van der Waals surface area contributed by atoms with Gasteiger partial charge in [-0.2, -0.15) is 0 Å². The summed E-state index contributed by atoms with van der Waals surface area (Å²) in [6, 6.07) is 25.1. The lowest BCUT2D eigenvalue weighted by molar-refractivity contribution is 0.101. The zero-order valence-corrected chi connectivity index (χ0v) is 15.4. The van der Waals surface area contributed by atoms with Crippen LogP contribution in [0.1, 0.15) is 22.8 Å². The maximum atomic E-state index is 11.6. The van der Waals surface area contributed by atoms with Gasteiger partial charge < -0.3 is 9.73 Å². The summed E-state index contributed by atoms with van der Waals surface area (Å²) < 4.78 is 5.90. The van der Waals surface area contributed by atoms with E-state index >= 15 is 0 Å². The fourth-order valence-corrected chi connectivity index (χ4v) is 2.96. The highest BCUT2D eigenvalue weighted by Gasteiger charge is 2.13. The molecule has 0 spiro atoms. The number of hydrogen-bond acceptors (Lipinski definition) is 5. The molecule has 0 fully saturated rings. The SMILES string of the molecule is CC(=O)c1cccc(NCc2ccccc2-c2nnc(-c3ccccc3)o2)c1. The van der Waals surface area contributed by atoms with Crippen molar-refractivity contribution in [2.45, 2.75) is 13.5 Å². The van der Waals surface area contributed by atoms with Crippen molar-refractivity contribution in [1.29, 1.82) is 0 Å². The molecule has 0 aliphatic rings. The first-order valence-electron chi connectivity index (χ1n) is 9.03. The van der Waals surface area contributed by atoms with E-state index in [4.69, 9.17) is 4.42 Å². The Morgan fingerprint density at radius 2 is 1.64 bits per heavy atom. The first-order valence-corrected chi connectivity index (χ1v) is 9.03. The molecular weight excluding hydrogens is 350 g/mol. The Morgan fingerprint density at radius 3 is 2.46 bits per heavy atom. The van der Waals surface area contributed by atoms with E-state index in [0.29, 0.717) is 23.9 Å². The van der Waals surface area contributed by atoms with Gasteiger partial charge in [-0.25, -0.2) is 0 Å². The molecule has 0 amide bonds. The van der Waals surface area contributed by atoms with Gasteiger partial charge in [-0.05, 0) is 42.8 Å². The fraction of sp³-hybridized carbons (Fsp3) is 0.0870. The van der Waals surface area contributed by atoms with Gasteiger partial charge in [0, 0.05) is 28.9 Å². The molecule has 3 aromatic carbocycles. The summed E-state index contributed by atoms with van der Waals surface area (Å²) in [5, 5.41) is 11.8. The molecule has 0 bridgehead atoms. The highest BCUT2D eigenvalue weighted by molar-refractivity contribution is 5.94. The van der Waals surface area contributed by atoms with E-state index in [9.17, 15) is 4.79 Å². The normalized spacial score (nSPS) is 10.6. The Balaban J connectivity index is 1.57. The summed E-state index contributed by atoms with van der Waals surface area (Å²) in [4.78, 5) is 11.6. The van der Waals surface area contributed by atoms with Crippen LogP contribution in [0.2, 0.25) is 0 Å². The number of Topliss-reactive ketones (excluding diaryl/α,β-unsaturated/α-hetero) is 1. The van der Waals surface area contributed by atoms with Crippen LogP contribution in [0.5, 0.6) is 0 Å². The molecule has 5 nitrogen and oxygen atoms in total. The Morgan fingerprint density at radius 1 is 0.893 bits per heavy atom. The minimum absolute atomic E-state index is 0.0448. The van der Waals surface area contributed by atoms with E-state index in [1.807, 2.05) is 78.9 Å². The van der Waals surface area contributed by atoms with Crippen LogP contribution >= 0.6 is 0 Å². The molecule has 1 aromatic heterocycles. The third kappa shape index (κ3) is 3.83. The molecule has 1 heterocycles. The predicted octanol–water partition coefficient (Wildman–Crippen LogP) is 5.22. The van der Waals surface area contributed by atoms with E-state index < -0.39 is 0 Å². The number of carbonyl (C=O) groups is 1. The number of anilines is 1. The first kappa shape index (κ1) is 17.7. The van der Waals surface area contributed by atoms with Crippen molar-refractivity contribution in [3.05, 3.63) is 90.0 Å². The Labute approximate surface area is 163 Å². The number of benzene rings is 3. The van der Waals surface area contributed by atoms with E-state index in [2.05, 4.69) is 15.5 Å². The molecule has 4 aromatic rings. The summed E-state index contributed by atoms with van der Waals surface area (Å²) in [5.74, 6) is 1.02. The average molecular weight is 369 g/mol. The van der Waals surface area contributed by atoms with E-state index in [0.717, 1.165) is 22.4 Å². The average Bonchev–Trinajstić information content (AvgIpc) is 3.23. The van der Waals surface area contributed by atoms with Crippen molar-refractivity contribution < 1.29 is 9.21 Å². The lowest BCUT2D eigenvalue weighted by Crippen LogP contribution is -2.02. The largest absolute Gasteiger partial charge is 0.416 e. The molecule has 0 atom stereocenters. The molecular formula is C23H19N3O2. The van der Waals surface area contributed by atoms with Gasteiger partial charge in [0.2, 0.25) is 11.8 Å². The van der Waals surface area contributed by atoms with Gasteiger partial charge in [-0.15, -0.1) is 10.2 Å². The van der Waals surface area contributed by atoms with Crippen molar-refractivity contribution in [3.63, 3.8) is 0 Å². The van der Waals surface area contributed by atoms with E-state index in [1.54, 1.807) is 6.92 Å². The first-order chi connectivity index (χ1) is 13.7. The predicted molar refractivity (Wildman–Crippen MR) is 109 cm³/mol. The summed E-state index contributed by atoms with van der Waals surface area (Å²) in [6.07, 6.45) is 0. The zero-order chi connectivity index (χ0) is 19.3. The maximum Gasteiger partial charge on any atom is 0.248 e. The van der Waals surface area contributed by atoms with Crippen LogP contribution < -0.4 is 5.32 Å². The molecule has 0 unspecified atom stereocenters. The molecule has 4 rings (SSSR count). The van der Waals surface area contributed by atoms with Crippen LogP contribution in [0.25, 0.3) is 22.9 Å². The van der Waals surface area contributed by atoms with E-state index in [1.165, 1.54) is 0 Å². The van der Waals surface area contributed by atoms with Gasteiger partial charge in [0.1, 0.15) is 0 Å². The molecule has 0 aliphatic carbocycles. The topological polar surface area (TPSA) is 68.0 Å². The molecule has 28 heavy (non-hydrogen) atoms. The van der Waals surface area contributed by atoms with Crippen LogP contribution in [-0.2, 0) is 6.54 Å². The molecule has 5 heteroatoms. The summed E-state index contributed by atoms with van der Waals surface area (Å²) in [6.45, 7) is 2.13. The summed E-state index contributed by atoms with van der Waals surface area (Å²) in [7, 11) is 0. The highest BCUT2D eigenvalue weighted by Crippen LogP contribution is 2.27. The van der Waals surface area contributed by atoms with Crippen LogP contribution in [-0.4, -0.2) is 16.0 Å².